The third kappa shape index (κ3) is 3.82. The highest BCUT2D eigenvalue weighted by Crippen LogP contribution is 2.26. The molecule has 0 aliphatic heterocycles. The molecule has 6 heteroatoms. The van der Waals surface area contributed by atoms with E-state index in [1.165, 1.54) is 7.11 Å². The fraction of sp³-hybridized carbons (Fsp3) is 0.667. The topological polar surface area (TPSA) is 95.9 Å². The summed E-state index contributed by atoms with van der Waals surface area (Å²) in [6.45, 7) is -0.0393. The molecule has 0 spiro atoms. The van der Waals surface area contributed by atoms with Crippen molar-refractivity contribution in [1.82, 2.24) is 5.32 Å². The predicted octanol–water partition coefficient (Wildman–Crippen LogP) is -0.223. The molecular weight excluding hydrogens is 238 g/mol. The second-order valence-corrected chi connectivity index (χ2v) is 4.34. The number of carbonyl (C=O) groups excluding carboxylic acids is 1. The van der Waals surface area contributed by atoms with Gasteiger partial charge < -0.3 is 20.3 Å². The van der Waals surface area contributed by atoms with E-state index in [0.717, 1.165) is 0 Å². The molecule has 18 heavy (non-hydrogen) atoms. The van der Waals surface area contributed by atoms with Gasteiger partial charge in [-0.05, 0) is 12.8 Å². The molecule has 0 saturated heterocycles. The number of rotatable bonds is 6. The predicted molar refractivity (Wildman–Crippen MR) is 63.9 cm³/mol. The Bertz CT molecular complexity index is 328. The van der Waals surface area contributed by atoms with Crippen LogP contribution in [0.1, 0.15) is 12.8 Å². The summed E-state index contributed by atoms with van der Waals surface area (Å²) in [6.07, 6.45) is 4.37. The van der Waals surface area contributed by atoms with Gasteiger partial charge in [0.05, 0.1) is 31.1 Å². The van der Waals surface area contributed by atoms with E-state index in [2.05, 4.69) is 5.32 Å². The molecule has 0 bridgehead atoms. The SMILES string of the molecule is COCC(CO)NC(=O)C1CC=CCC1C(=O)O. The largest absolute Gasteiger partial charge is 0.481 e. The Morgan fingerprint density at radius 3 is 2.50 bits per heavy atom. The van der Waals surface area contributed by atoms with Crippen LogP contribution >= 0.6 is 0 Å². The van der Waals surface area contributed by atoms with Gasteiger partial charge in [0.15, 0.2) is 0 Å². The van der Waals surface area contributed by atoms with E-state index in [1.807, 2.05) is 6.08 Å². The van der Waals surface area contributed by atoms with Crippen LogP contribution in [-0.2, 0) is 14.3 Å². The molecular formula is C12H19NO5. The van der Waals surface area contributed by atoms with Crippen LogP contribution in [0.4, 0.5) is 0 Å². The van der Waals surface area contributed by atoms with Crippen LogP contribution in [-0.4, -0.2) is 48.5 Å². The van der Waals surface area contributed by atoms with E-state index in [1.54, 1.807) is 6.08 Å². The molecule has 3 N–H and O–H groups in total. The van der Waals surface area contributed by atoms with Gasteiger partial charge in [0, 0.05) is 7.11 Å². The maximum Gasteiger partial charge on any atom is 0.307 e. The van der Waals surface area contributed by atoms with Crippen LogP contribution in [0.3, 0.4) is 0 Å². The highest BCUT2D eigenvalue weighted by molar-refractivity contribution is 5.85. The van der Waals surface area contributed by atoms with E-state index in [0.29, 0.717) is 12.8 Å². The van der Waals surface area contributed by atoms with Crippen molar-refractivity contribution in [3.8, 4) is 0 Å². The van der Waals surface area contributed by atoms with Gasteiger partial charge in [0.2, 0.25) is 5.91 Å². The summed E-state index contributed by atoms with van der Waals surface area (Å²) >= 11 is 0. The average molecular weight is 257 g/mol. The van der Waals surface area contributed by atoms with Crippen molar-refractivity contribution in [3.05, 3.63) is 12.2 Å². The van der Waals surface area contributed by atoms with E-state index in [4.69, 9.17) is 14.9 Å². The molecule has 1 amide bonds. The van der Waals surface area contributed by atoms with Gasteiger partial charge in [-0.1, -0.05) is 12.2 Å². The highest BCUT2D eigenvalue weighted by Gasteiger charge is 2.34. The minimum Gasteiger partial charge on any atom is -0.481 e. The lowest BCUT2D eigenvalue weighted by Crippen LogP contribution is -2.46. The van der Waals surface area contributed by atoms with Crippen molar-refractivity contribution in [2.45, 2.75) is 18.9 Å². The molecule has 1 aliphatic carbocycles. The number of carbonyl (C=O) groups is 2. The Kier molecular flexibility index (Phi) is 5.80. The lowest BCUT2D eigenvalue weighted by molar-refractivity contribution is -0.147. The molecule has 3 unspecified atom stereocenters. The maximum atomic E-state index is 12.0. The van der Waals surface area contributed by atoms with Crippen LogP contribution < -0.4 is 5.32 Å². The number of hydrogen-bond acceptors (Lipinski definition) is 4. The number of hydrogen-bond donors (Lipinski definition) is 3. The van der Waals surface area contributed by atoms with Gasteiger partial charge in [0.25, 0.3) is 0 Å². The second-order valence-electron chi connectivity index (χ2n) is 4.34. The summed E-state index contributed by atoms with van der Waals surface area (Å²) < 4.78 is 4.85. The van der Waals surface area contributed by atoms with Crippen LogP contribution in [0.15, 0.2) is 12.2 Å². The molecule has 0 heterocycles. The molecule has 0 radical (unpaired) electrons. The Hall–Kier alpha value is -1.40. The standard InChI is InChI=1S/C12H19NO5/c1-18-7-8(6-14)13-11(15)9-4-2-3-5-10(9)12(16)17/h2-3,8-10,14H,4-7H2,1H3,(H,13,15)(H,16,17). The van der Waals surface area contributed by atoms with Gasteiger partial charge in [-0.15, -0.1) is 0 Å². The Morgan fingerprint density at radius 1 is 1.39 bits per heavy atom. The minimum absolute atomic E-state index is 0.197. The fourth-order valence-electron chi connectivity index (χ4n) is 2.03. The van der Waals surface area contributed by atoms with Crippen LogP contribution in [0, 0.1) is 11.8 Å². The average Bonchev–Trinajstić information content (AvgIpc) is 2.38. The van der Waals surface area contributed by atoms with Crippen LogP contribution in [0.25, 0.3) is 0 Å². The second kappa shape index (κ2) is 7.13. The van der Waals surface area contributed by atoms with Gasteiger partial charge in [-0.25, -0.2) is 0 Å². The van der Waals surface area contributed by atoms with E-state index < -0.39 is 23.8 Å². The summed E-state index contributed by atoms with van der Waals surface area (Å²) in [6, 6.07) is -0.497. The fourth-order valence-corrected chi connectivity index (χ4v) is 2.03. The quantitative estimate of drug-likeness (QED) is 0.572. The normalized spacial score (nSPS) is 24.6. The molecule has 0 aromatic heterocycles. The molecule has 1 aliphatic rings. The van der Waals surface area contributed by atoms with Crippen LogP contribution in [0.2, 0.25) is 0 Å². The lowest BCUT2D eigenvalue weighted by atomic mass is 9.82. The smallest absolute Gasteiger partial charge is 0.307 e. The monoisotopic (exact) mass is 257 g/mol. The lowest BCUT2D eigenvalue weighted by Gasteiger charge is -2.26. The minimum atomic E-state index is -0.966. The number of carboxylic acid groups (broad SMARTS) is 1. The van der Waals surface area contributed by atoms with E-state index in [9.17, 15) is 9.59 Å². The molecule has 3 atom stereocenters. The third-order valence-corrected chi connectivity index (χ3v) is 3.02. The van der Waals surface area contributed by atoms with Crippen molar-refractivity contribution in [1.29, 1.82) is 0 Å². The molecule has 1 rings (SSSR count). The summed E-state index contributed by atoms with van der Waals surface area (Å²) in [5.74, 6) is -2.59. The van der Waals surface area contributed by atoms with Crippen molar-refractivity contribution in [2.24, 2.45) is 11.8 Å². The number of nitrogens with one attached hydrogen (secondary N) is 1. The number of ether oxygens (including phenoxy) is 1. The summed E-state index contributed by atoms with van der Waals surface area (Å²) in [5, 5.41) is 20.7. The maximum absolute atomic E-state index is 12.0. The van der Waals surface area contributed by atoms with Crippen molar-refractivity contribution in [2.75, 3.05) is 20.3 Å². The van der Waals surface area contributed by atoms with Gasteiger partial charge in [-0.2, -0.15) is 0 Å². The van der Waals surface area contributed by atoms with E-state index in [-0.39, 0.29) is 19.1 Å². The third-order valence-electron chi connectivity index (χ3n) is 3.02. The molecule has 0 aromatic rings. The van der Waals surface area contributed by atoms with Gasteiger partial charge in [-0.3, -0.25) is 9.59 Å². The first-order valence-electron chi connectivity index (χ1n) is 5.88. The van der Waals surface area contributed by atoms with Crippen LogP contribution in [0.5, 0.6) is 0 Å². The molecule has 0 saturated carbocycles. The molecule has 0 aromatic carbocycles. The first-order valence-corrected chi connectivity index (χ1v) is 5.88. The van der Waals surface area contributed by atoms with Crippen molar-refractivity contribution >= 4 is 11.9 Å². The zero-order chi connectivity index (χ0) is 13.5. The van der Waals surface area contributed by atoms with Gasteiger partial charge >= 0.3 is 5.97 Å². The van der Waals surface area contributed by atoms with Gasteiger partial charge in [0.1, 0.15) is 0 Å². The number of allylic oxidation sites excluding steroid dienone is 2. The summed E-state index contributed by atoms with van der Waals surface area (Å²) in [4.78, 5) is 23.0. The summed E-state index contributed by atoms with van der Waals surface area (Å²) in [5.41, 5.74) is 0. The first kappa shape index (κ1) is 14.7. The number of aliphatic hydroxyl groups is 1. The number of amides is 1. The Balaban J connectivity index is 2.63. The zero-order valence-electron chi connectivity index (χ0n) is 10.3. The highest BCUT2D eigenvalue weighted by atomic mass is 16.5. The van der Waals surface area contributed by atoms with E-state index >= 15 is 0 Å². The molecule has 6 nitrogen and oxygen atoms in total. The summed E-state index contributed by atoms with van der Waals surface area (Å²) in [7, 11) is 1.47. The number of aliphatic carboxylic acids is 1. The number of methoxy groups -OCH3 is 1. The Labute approximate surface area is 106 Å². The number of aliphatic hydroxyl groups excluding tert-OH is 1. The van der Waals surface area contributed by atoms with Crippen molar-refractivity contribution in [3.63, 3.8) is 0 Å². The molecule has 0 fully saturated rings. The Morgan fingerprint density at radius 2 is 2.00 bits per heavy atom. The molecule has 102 valence electrons. The number of carboxylic acids is 1. The zero-order valence-corrected chi connectivity index (χ0v) is 10.3. The van der Waals surface area contributed by atoms with Crippen molar-refractivity contribution < 1.29 is 24.5 Å². The first-order chi connectivity index (χ1) is 8.60.